The SMILES string of the molecule is CCC(C)n1c(N2CCNCC2)nc2c1c(=O)n(C)c(=O)n2C(C)(C(=O)O)c1ccccc1. The molecule has 4 rings (SSSR count). The van der Waals surface area contributed by atoms with E-state index in [-0.39, 0.29) is 17.2 Å². The van der Waals surface area contributed by atoms with Crippen LogP contribution in [0.1, 0.15) is 38.8 Å². The number of anilines is 1. The van der Waals surface area contributed by atoms with E-state index in [1.54, 1.807) is 30.3 Å². The Kier molecular flexibility index (Phi) is 5.87. The zero-order valence-electron chi connectivity index (χ0n) is 19.4. The number of nitrogens with one attached hydrogen (secondary N) is 1. The van der Waals surface area contributed by atoms with Crippen LogP contribution in [-0.4, -0.2) is 55.9 Å². The predicted octanol–water partition coefficient (Wildman–Crippen LogP) is 1.13. The van der Waals surface area contributed by atoms with Crippen LogP contribution in [0.5, 0.6) is 0 Å². The quantitative estimate of drug-likeness (QED) is 0.574. The number of hydrogen-bond donors (Lipinski definition) is 2. The van der Waals surface area contributed by atoms with Crippen LogP contribution in [0.25, 0.3) is 11.2 Å². The Hall–Kier alpha value is -3.40. The van der Waals surface area contributed by atoms with Gasteiger partial charge in [0.25, 0.3) is 5.56 Å². The number of benzene rings is 1. The fourth-order valence-corrected chi connectivity index (χ4v) is 4.45. The van der Waals surface area contributed by atoms with Crippen LogP contribution >= 0.6 is 0 Å². The summed E-state index contributed by atoms with van der Waals surface area (Å²) in [6, 6.07) is 8.49. The van der Waals surface area contributed by atoms with E-state index in [0.29, 0.717) is 24.6 Å². The Bertz CT molecular complexity index is 1300. The molecule has 3 heterocycles. The van der Waals surface area contributed by atoms with E-state index >= 15 is 0 Å². The number of carbonyl (C=O) groups is 1. The molecular weight excluding hydrogens is 424 g/mol. The molecule has 176 valence electrons. The van der Waals surface area contributed by atoms with E-state index in [2.05, 4.69) is 10.2 Å². The summed E-state index contributed by atoms with van der Waals surface area (Å²) in [4.78, 5) is 46.4. The zero-order valence-corrected chi connectivity index (χ0v) is 19.4. The highest BCUT2D eigenvalue weighted by molar-refractivity contribution is 5.84. The maximum atomic E-state index is 13.5. The summed E-state index contributed by atoms with van der Waals surface area (Å²) in [7, 11) is 1.38. The molecule has 0 radical (unpaired) electrons. The molecule has 0 bridgehead atoms. The molecule has 10 heteroatoms. The van der Waals surface area contributed by atoms with Gasteiger partial charge in [0.2, 0.25) is 5.95 Å². The summed E-state index contributed by atoms with van der Waals surface area (Å²) in [5.74, 6) is -0.629. The summed E-state index contributed by atoms with van der Waals surface area (Å²) in [6.45, 7) is 8.41. The number of rotatable bonds is 6. The summed E-state index contributed by atoms with van der Waals surface area (Å²) >= 11 is 0. The first-order chi connectivity index (χ1) is 15.7. The number of piperazine rings is 1. The smallest absolute Gasteiger partial charge is 0.334 e. The van der Waals surface area contributed by atoms with E-state index in [1.807, 2.05) is 18.4 Å². The lowest BCUT2D eigenvalue weighted by Crippen LogP contribution is -2.51. The van der Waals surface area contributed by atoms with Crippen molar-refractivity contribution in [3.8, 4) is 0 Å². The molecule has 1 aromatic carbocycles. The molecule has 0 amide bonds. The number of carboxylic acid groups (broad SMARTS) is 1. The van der Waals surface area contributed by atoms with E-state index in [0.717, 1.165) is 28.6 Å². The molecule has 2 aromatic heterocycles. The molecule has 0 saturated carbocycles. The molecule has 1 aliphatic heterocycles. The Labute approximate surface area is 191 Å². The van der Waals surface area contributed by atoms with Crippen molar-refractivity contribution < 1.29 is 9.90 Å². The minimum Gasteiger partial charge on any atom is -0.479 e. The lowest BCUT2D eigenvalue weighted by molar-refractivity contribution is -0.144. The normalized spacial score (nSPS) is 17.2. The zero-order chi connectivity index (χ0) is 23.9. The van der Waals surface area contributed by atoms with Crippen LogP contribution in [0.15, 0.2) is 39.9 Å². The summed E-state index contributed by atoms with van der Waals surface area (Å²) < 4.78 is 4.01. The second-order valence-electron chi connectivity index (χ2n) is 8.67. The highest BCUT2D eigenvalue weighted by Crippen LogP contribution is 2.31. The average Bonchev–Trinajstić information content (AvgIpc) is 3.23. The van der Waals surface area contributed by atoms with Gasteiger partial charge in [0.1, 0.15) is 0 Å². The molecule has 2 unspecified atom stereocenters. The molecule has 0 aliphatic carbocycles. The van der Waals surface area contributed by atoms with Crippen molar-refractivity contribution in [1.29, 1.82) is 0 Å². The minimum absolute atomic E-state index is 0.0775. The van der Waals surface area contributed by atoms with Crippen molar-refractivity contribution in [2.24, 2.45) is 7.05 Å². The van der Waals surface area contributed by atoms with Crippen molar-refractivity contribution >= 4 is 23.1 Å². The first-order valence-electron chi connectivity index (χ1n) is 11.2. The molecular formula is C23H30N6O4. The number of fused-ring (bicyclic) bond motifs is 1. The number of aliphatic carboxylic acids is 1. The number of nitrogens with zero attached hydrogens (tertiary/aromatic N) is 5. The lowest BCUT2D eigenvalue weighted by atomic mass is 9.91. The second-order valence-corrected chi connectivity index (χ2v) is 8.67. The minimum atomic E-state index is -1.77. The Morgan fingerprint density at radius 1 is 1.21 bits per heavy atom. The van der Waals surface area contributed by atoms with Crippen LogP contribution < -0.4 is 21.5 Å². The Balaban J connectivity index is 2.16. The van der Waals surface area contributed by atoms with Crippen LogP contribution in [0.3, 0.4) is 0 Å². The Morgan fingerprint density at radius 2 is 1.85 bits per heavy atom. The van der Waals surface area contributed by atoms with E-state index in [4.69, 9.17) is 4.98 Å². The fourth-order valence-electron chi connectivity index (χ4n) is 4.45. The summed E-state index contributed by atoms with van der Waals surface area (Å²) in [5.41, 5.74) is -2.23. The van der Waals surface area contributed by atoms with E-state index < -0.39 is 22.8 Å². The van der Waals surface area contributed by atoms with Gasteiger partial charge in [0.15, 0.2) is 16.7 Å². The number of aromatic nitrogens is 4. The van der Waals surface area contributed by atoms with Crippen molar-refractivity contribution in [3.05, 3.63) is 56.7 Å². The topological polar surface area (TPSA) is 114 Å². The molecule has 1 aliphatic rings. The lowest BCUT2D eigenvalue weighted by Gasteiger charge is -2.30. The van der Waals surface area contributed by atoms with E-state index in [9.17, 15) is 19.5 Å². The molecule has 10 nitrogen and oxygen atoms in total. The van der Waals surface area contributed by atoms with Gasteiger partial charge in [-0.3, -0.25) is 13.9 Å². The van der Waals surface area contributed by atoms with E-state index in [1.165, 1.54) is 14.0 Å². The van der Waals surface area contributed by atoms with Gasteiger partial charge in [0.05, 0.1) is 0 Å². The third kappa shape index (κ3) is 3.45. The van der Waals surface area contributed by atoms with Crippen molar-refractivity contribution in [2.45, 2.75) is 38.8 Å². The Morgan fingerprint density at radius 3 is 2.42 bits per heavy atom. The van der Waals surface area contributed by atoms with Gasteiger partial charge in [-0.1, -0.05) is 37.3 Å². The van der Waals surface area contributed by atoms with Gasteiger partial charge < -0.3 is 19.9 Å². The largest absolute Gasteiger partial charge is 0.479 e. The van der Waals surface area contributed by atoms with Gasteiger partial charge >= 0.3 is 11.7 Å². The van der Waals surface area contributed by atoms with Gasteiger partial charge in [-0.25, -0.2) is 9.59 Å². The molecule has 2 N–H and O–H groups in total. The number of imidazole rings is 1. The van der Waals surface area contributed by atoms with Crippen molar-refractivity contribution in [2.75, 3.05) is 31.1 Å². The third-order valence-electron chi connectivity index (χ3n) is 6.70. The van der Waals surface area contributed by atoms with Crippen LogP contribution in [0.4, 0.5) is 5.95 Å². The molecule has 2 atom stereocenters. The molecule has 3 aromatic rings. The molecule has 1 fully saturated rings. The fraction of sp³-hybridized carbons (Fsp3) is 0.478. The third-order valence-corrected chi connectivity index (χ3v) is 6.70. The van der Waals surface area contributed by atoms with Crippen molar-refractivity contribution in [3.63, 3.8) is 0 Å². The predicted molar refractivity (Wildman–Crippen MR) is 126 cm³/mol. The number of carboxylic acids is 1. The highest BCUT2D eigenvalue weighted by Gasteiger charge is 2.42. The van der Waals surface area contributed by atoms with Crippen molar-refractivity contribution in [1.82, 2.24) is 24.0 Å². The molecule has 1 saturated heterocycles. The standard InChI is InChI=1S/C23H30N6O4/c1-5-15(2)28-17-18(25-21(28)27-13-11-24-12-14-27)29(22(33)26(4)19(17)30)23(3,20(31)32)16-9-7-6-8-10-16/h6-10,15,24H,5,11-14H2,1-4H3,(H,31,32). The first-order valence-corrected chi connectivity index (χ1v) is 11.2. The summed E-state index contributed by atoms with van der Waals surface area (Å²) in [5, 5.41) is 13.7. The maximum absolute atomic E-state index is 13.5. The highest BCUT2D eigenvalue weighted by atomic mass is 16.4. The maximum Gasteiger partial charge on any atom is 0.334 e. The van der Waals surface area contributed by atoms with Crippen LogP contribution in [0, 0.1) is 0 Å². The monoisotopic (exact) mass is 454 g/mol. The number of hydrogen-bond acceptors (Lipinski definition) is 6. The first kappa shape index (κ1) is 22.8. The molecule has 0 spiro atoms. The average molecular weight is 455 g/mol. The summed E-state index contributed by atoms with van der Waals surface area (Å²) in [6.07, 6.45) is 0.738. The van der Waals surface area contributed by atoms with Crippen LogP contribution in [0.2, 0.25) is 0 Å². The second kappa shape index (κ2) is 8.51. The van der Waals surface area contributed by atoms with Gasteiger partial charge in [0, 0.05) is 39.3 Å². The van der Waals surface area contributed by atoms with Gasteiger partial charge in [-0.05, 0) is 25.8 Å². The van der Waals surface area contributed by atoms with Gasteiger partial charge in [-0.15, -0.1) is 0 Å². The molecule has 33 heavy (non-hydrogen) atoms. The van der Waals surface area contributed by atoms with Gasteiger partial charge in [-0.2, -0.15) is 4.98 Å². The van der Waals surface area contributed by atoms with Crippen LogP contribution in [-0.2, 0) is 17.4 Å².